The van der Waals surface area contributed by atoms with Crippen LogP contribution in [0.5, 0.6) is 0 Å². The first-order valence-electron chi connectivity index (χ1n) is 8.21. The molecule has 3 heteroatoms. The van der Waals surface area contributed by atoms with Gasteiger partial charge in [0.2, 0.25) is 0 Å². The van der Waals surface area contributed by atoms with Crippen molar-refractivity contribution in [1.82, 2.24) is 9.55 Å². The minimum absolute atomic E-state index is 0.499. The zero-order chi connectivity index (χ0) is 14.6. The second-order valence-electron chi connectivity index (χ2n) is 7.05. The van der Waals surface area contributed by atoms with Gasteiger partial charge >= 0.3 is 0 Å². The maximum Gasteiger partial charge on any atom is 0.125 e. The second kappa shape index (κ2) is 5.01. The lowest BCUT2D eigenvalue weighted by atomic mass is 9.83. The van der Waals surface area contributed by atoms with Gasteiger partial charge in [-0.2, -0.15) is 0 Å². The van der Waals surface area contributed by atoms with Crippen molar-refractivity contribution in [3.63, 3.8) is 0 Å². The van der Waals surface area contributed by atoms with Gasteiger partial charge in [-0.3, -0.25) is 0 Å². The fraction of sp³-hybridized carbons (Fsp3) is 0.611. The molecule has 4 rings (SSSR count). The molecule has 4 atom stereocenters. The molecule has 2 aromatic rings. The number of rotatable bonds is 3. The molecule has 0 aliphatic heterocycles. The van der Waals surface area contributed by atoms with Crippen molar-refractivity contribution in [2.24, 2.45) is 17.8 Å². The Kier molecular flexibility index (Phi) is 3.25. The third-order valence-corrected chi connectivity index (χ3v) is 6.17. The van der Waals surface area contributed by atoms with Crippen LogP contribution >= 0.6 is 11.6 Å². The Bertz CT molecular complexity index is 675. The summed E-state index contributed by atoms with van der Waals surface area (Å²) < 4.78 is 2.43. The zero-order valence-corrected chi connectivity index (χ0v) is 13.6. The standard InChI is InChI=1S/C18H23ClN2/c1-11-4-3-5-16-18(11)20-17(10-19)21(16)12(2)15-9-13-6-7-14(15)8-13/h3-5,12-15H,6-10H2,1-2H3. The lowest BCUT2D eigenvalue weighted by Gasteiger charge is -2.30. The van der Waals surface area contributed by atoms with E-state index in [2.05, 4.69) is 36.6 Å². The Morgan fingerprint density at radius 3 is 2.86 bits per heavy atom. The number of para-hydroxylation sites is 1. The molecule has 21 heavy (non-hydrogen) atoms. The van der Waals surface area contributed by atoms with Gasteiger partial charge in [0.25, 0.3) is 0 Å². The number of aromatic nitrogens is 2. The molecule has 2 aliphatic carbocycles. The maximum absolute atomic E-state index is 6.20. The van der Waals surface area contributed by atoms with Gasteiger partial charge in [0, 0.05) is 6.04 Å². The van der Waals surface area contributed by atoms with Crippen LogP contribution in [0.4, 0.5) is 0 Å². The summed E-state index contributed by atoms with van der Waals surface area (Å²) in [5.41, 5.74) is 3.64. The van der Waals surface area contributed by atoms with Crippen LogP contribution in [-0.2, 0) is 5.88 Å². The van der Waals surface area contributed by atoms with Crippen LogP contribution in [0, 0.1) is 24.7 Å². The number of hydrogen-bond donors (Lipinski definition) is 0. The number of aryl methyl sites for hydroxylation is 1. The summed E-state index contributed by atoms with van der Waals surface area (Å²) >= 11 is 6.20. The molecule has 0 N–H and O–H groups in total. The van der Waals surface area contributed by atoms with Gasteiger partial charge in [-0.25, -0.2) is 4.98 Å². The van der Waals surface area contributed by atoms with Crippen molar-refractivity contribution in [3.05, 3.63) is 29.6 Å². The molecule has 4 unspecified atom stereocenters. The molecule has 112 valence electrons. The van der Waals surface area contributed by atoms with E-state index < -0.39 is 0 Å². The topological polar surface area (TPSA) is 17.8 Å². The second-order valence-corrected chi connectivity index (χ2v) is 7.32. The molecule has 0 spiro atoms. The molecule has 2 fully saturated rings. The number of imidazole rings is 1. The quantitative estimate of drug-likeness (QED) is 0.723. The predicted molar refractivity (Wildman–Crippen MR) is 87.7 cm³/mol. The fourth-order valence-electron chi connectivity index (χ4n) is 4.93. The number of alkyl halides is 1. The molecule has 1 aromatic heterocycles. The summed E-state index contributed by atoms with van der Waals surface area (Å²) in [6.07, 6.45) is 5.75. The lowest BCUT2D eigenvalue weighted by Crippen LogP contribution is -2.23. The summed E-state index contributed by atoms with van der Waals surface area (Å²) in [5, 5.41) is 0. The highest BCUT2D eigenvalue weighted by Crippen LogP contribution is 2.52. The average Bonchev–Trinajstić information content (AvgIpc) is 3.19. The number of fused-ring (bicyclic) bond motifs is 3. The normalized spacial score (nSPS) is 29.4. The van der Waals surface area contributed by atoms with Gasteiger partial charge in [-0.05, 0) is 62.5 Å². The highest BCUT2D eigenvalue weighted by Gasteiger charge is 2.42. The van der Waals surface area contributed by atoms with Crippen molar-refractivity contribution in [2.45, 2.75) is 51.5 Å². The fourth-order valence-corrected chi connectivity index (χ4v) is 5.12. The van der Waals surface area contributed by atoms with Crippen molar-refractivity contribution in [2.75, 3.05) is 0 Å². The largest absolute Gasteiger partial charge is 0.324 e. The zero-order valence-electron chi connectivity index (χ0n) is 12.8. The maximum atomic E-state index is 6.20. The van der Waals surface area contributed by atoms with E-state index in [1.807, 2.05) is 0 Å². The van der Waals surface area contributed by atoms with Crippen molar-refractivity contribution >= 4 is 22.6 Å². The first kappa shape index (κ1) is 13.6. The lowest BCUT2D eigenvalue weighted by molar-refractivity contribution is 0.244. The molecule has 0 amide bonds. The number of benzene rings is 1. The van der Waals surface area contributed by atoms with Crippen LogP contribution in [0.2, 0.25) is 0 Å². The summed E-state index contributed by atoms with van der Waals surface area (Å²) in [5.74, 6) is 4.26. The van der Waals surface area contributed by atoms with Gasteiger partial charge in [0.05, 0.1) is 16.9 Å². The van der Waals surface area contributed by atoms with Crippen LogP contribution in [0.15, 0.2) is 18.2 Å². The first-order chi connectivity index (χ1) is 10.2. The van der Waals surface area contributed by atoms with Crippen LogP contribution in [0.25, 0.3) is 11.0 Å². The number of hydrogen-bond acceptors (Lipinski definition) is 1. The highest BCUT2D eigenvalue weighted by molar-refractivity contribution is 6.16. The molecule has 1 aromatic carbocycles. The smallest absolute Gasteiger partial charge is 0.125 e. The van der Waals surface area contributed by atoms with Crippen LogP contribution in [0.3, 0.4) is 0 Å². The Balaban J connectivity index is 1.80. The van der Waals surface area contributed by atoms with Crippen molar-refractivity contribution in [1.29, 1.82) is 0 Å². The van der Waals surface area contributed by atoms with Gasteiger partial charge in [0.15, 0.2) is 0 Å². The summed E-state index contributed by atoms with van der Waals surface area (Å²) in [7, 11) is 0. The third kappa shape index (κ3) is 2.03. The molecule has 2 saturated carbocycles. The Hall–Kier alpha value is -1.02. The highest BCUT2D eigenvalue weighted by atomic mass is 35.5. The molecule has 0 radical (unpaired) electrons. The molecule has 0 saturated heterocycles. The monoisotopic (exact) mass is 302 g/mol. The van der Waals surface area contributed by atoms with E-state index in [0.717, 1.165) is 29.1 Å². The van der Waals surface area contributed by atoms with E-state index in [1.165, 1.54) is 36.8 Å². The minimum Gasteiger partial charge on any atom is -0.324 e. The summed E-state index contributed by atoms with van der Waals surface area (Å²) in [6, 6.07) is 7.00. The van der Waals surface area contributed by atoms with Gasteiger partial charge in [-0.1, -0.05) is 18.6 Å². The third-order valence-electron chi connectivity index (χ3n) is 5.93. The van der Waals surface area contributed by atoms with Gasteiger partial charge in [0.1, 0.15) is 5.82 Å². The van der Waals surface area contributed by atoms with E-state index in [1.54, 1.807) is 0 Å². The van der Waals surface area contributed by atoms with Crippen molar-refractivity contribution < 1.29 is 0 Å². The predicted octanol–water partition coefficient (Wildman–Crippen LogP) is 5.08. The van der Waals surface area contributed by atoms with Gasteiger partial charge in [-0.15, -0.1) is 11.6 Å². The van der Waals surface area contributed by atoms with E-state index in [4.69, 9.17) is 16.6 Å². The van der Waals surface area contributed by atoms with Crippen LogP contribution in [-0.4, -0.2) is 9.55 Å². The summed E-state index contributed by atoms with van der Waals surface area (Å²) in [6.45, 7) is 4.52. The minimum atomic E-state index is 0.499. The first-order valence-corrected chi connectivity index (χ1v) is 8.75. The van der Waals surface area contributed by atoms with Gasteiger partial charge < -0.3 is 4.57 Å². The molecule has 2 bridgehead atoms. The molecule has 2 aliphatic rings. The van der Waals surface area contributed by atoms with E-state index in [0.29, 0.717) is 11.9 Å². The number of halogens is 1. The van der Waals surface area contributed by atoms with Crippen LogP contribution < -0.4 is 0 Å². The Morgan fingerprint density at radius 2 is 2.19 bits per heavy atom. The molecular formula is C18H23ClN2. The Labute approximate surface area is 131 Å². The van der Waals surface area contributed by atoms with Crippen molar-refractivity contribution in [3.8, 4) is 0 Å². The molecule has 2 nitrogen and oxygen atoms in total. The molecular weight excluding hydrogens is 280 g/mol. The van der Waals surface area contributed by atoms with E-state index in [-0.39, 0.29) is 0 Å². The van der Waals surface area contributed by atoms with Crippen LogP contribution in [0.1, 0.15) is 50.0 Å². The SMILES string of the molecule is Cc1cccc2c1nc(CCl)n2C(C)C1CC2CCC1C2. The average molecular weight is 303 g/mol. The van der Waals surface area contributed by atoms with E-state index >= 15 is 0 Å². The van der Waals surface area contributed by atoms with E-state index in [9.17, 15) is 0 Å². The summed E-state index contributed by atoms with van der Waals surface area (Å²) in [4.78, 5) is 4.82. The Morgan fingerprint density at radius 1 is 1.33 bits per heavy atom. The number of nitrogens with zero attached hydrogens (tertiary/aromatic N) is 2. The molecule has 1 heterocycles.